The van der Waals surface area contributed by atoms with Gasteiger partial charge in [0, 0.05) is 4.47 Å². The van der Waals surface area contributed by atoms with E-state index in [0.717, 1.165) is 15.5 Å². The Morgan fingerprint density at radius 1 is 1.40 bits per heavy atom. The molecule has 0 aliphatic carbocycles. The number of hydrogen-bond donors (Lipinski definition) is 0. The third-order valence-corrected chi connectivity index (χ3v) is 2.07. The van der Waals surface area contributed by atoms with E-state index in [9.17, 15) is 0 Å². The topological polar surface area (TPSA) is 27.0 Å². The number of halogens is 2. The summed E-state index contributed by atoms with van der Waals surface area (Å²) in [6.45, 7) is 6.03. The van der Waals surface area contributed by atoms with E-state index >= 15 is 0 Å². The van der Waals surface area contributed by atoms with Crippen molar-refractivity contribution in [1.29, 1.82) is 0 Å². The fourth-order valence-corrected chi connectivity index (χ4v) is 1.38. The number of rotatable bonds is 0. The number of aromatic nitrogens is 2. The van der Waals surface area contributed by atoms with Crippen LogP contribution in [0.5, 0.6) is 0 Å². The molecule has 2 aromatic rings. The predicted molar refractivity (Wildman–Crippen MR) is 72.9 cm³/mol. The van der Waals surface area contributed by atoms with E-state index in [1.165, 1.54) is 5.56 Å². The van der Waals surface area contributed by atoms with Crippen molar-refractivity contribution in [3.8, 4) is 0 Å². The Hall–Kier alpha value is 0.536. The van der Waals surface area contributed by atoms with Gasteiger partial charge in [-0.2, -0.15) is 0 Å². The van der Waals surface area contributed by atoms with Gasteiger partial charge < -0.3 is 9.97 Å². The van der Waals surface area contributed by atoms with E-state index < -0.39 is 0 Å². The fraction of sp³-hybridized carbons (Fsp3) is 0.300. The van der Waals surface area contributed by atoms with Crippen LogP contribution in [0, 0.1) is 6.92 Å². The van der Waals surface area contributed by atoms with Crippen LogP contribution < -0.4 is 4.98 Å². The Bertz CT molecular complexity index is 403. The van der Waals surface area contributed by atoms with Crippen molar-refractivity contribution in [2.45, 2.75) is 20.8 Å². The van der Waals surface area contributed by atoms with Crippen LogP contribution in [0.2, 0.25) is 0 Å². The molecule has 0 bridgehead atoms. The summed E-state index contributed by atoms with van der Waals surface area (Å²) in [7, 11) is 0. The molecule has 0 N–H and O–H groups in total. The predicted octanol–water partition coefficient (Wildman–Crippen LogP) is 4.17. The molecule has 0 radical (unpaired) electrons. The van der Waals surface area contributed by atoms with Gasteiger partial charge in [-0.15, -0.1) is 0 Å². The van der Waals surface area contributed by atoms with Gasteiger partial charge in [-0.1, -0.05) is 47.8 Å². The van der Waals surface area contributed by atoms with Gasteiger partial charge in [0.05, 0.1) is 0 Å². The standard InChI is InChI=1S/C8H6BrN2.C2H6.HI.Os/c1-5-3-10-8-7(5)2-6(9)4-11-8;1-2;;/h2-4H,1H3;1-2H3;1H;/q-1;;;+1/p-1. The Balaban J connectivity index is 0.000000442. The molecule has 0 saturated heterocycles. The molecule has 15 heavy (non-hydrogen) atoms. The quantitative estimate of drug-likeness (QED) is 0.455. The summed E-state index contributed by atoms with van der Waals surface area (Å²) in [6.07, 6.45) is 3.60. The molecular weight excluding hydrogens is 545 g/mol. The van der Waals surface area contributed by atoms with Gasteiger partial charge in [0.25, 0.3) is 0 Å². The number of fused-ring (bicyclic) bond motifs is 1. The fourth-order valence-electron chi connectivity index (χ4n) is 1.05. The second-order valence-electron chi connectivity index (χ2n) is 2.47. The van der Waals surface area contributed by atoms with Crippen LogP contribution in [0.1, 0.15) is 19.4 Å². The Kier molecular flexibility index (Phi) is 8.97. The second-order valence-corrected chi connectivity index (χ2v) is 3.38. The van der Waals surface area contributed by atoms with Crippen LogP contribution in [0.25, 0.3) is 11.0 Å². The molecule has 0 aliphatic heterocycles. The van der Waals surface area contributed by atoms with E-state index in [4.69, 9.17) is 0 Å². The van der Waals surface area contributed by atoms with Crippen LogP contribution >= 0.6 is 35.6 Å². The molecule has 0 aromatic carbocycles. The van der Waals surface area contributed by atoms with E-state index in [1.807, 2.05) is 48.1 Å². The Labute approximate surface area is 120 Å². The average Bonchev–Trinajstić information content (AvgIpc) is 2.66. The van der Waals surface area contributed by atoms with Crippen molar-refractivity contribution in [2.24, 2.45) is 0 Å². The van der Waals surface area contributed by atoms with Crippen LogP contribution in [-0.4, -0.2) is 4.98 Å². The molecule has 0 atom stereocenters. The molecule has 2 nitrogen and oxygen atoms in total. The third kappa shape index (κ3) is 4.50. The number of aryl methyl sites for hydroxylation is 1. The SMILES string of the molecule is CC.Cc1c[n-]c2ncc(Br)cc12.[I][Os]. The van der Waals surface area contributed by atoms with Gasteiger partial charge >= 0.3 is 34.7 Å². The molecule has 85 valence electrons. The zero-order chi connectivity index (χ0) is 11.8. The molecule has 0 amide bonds. The van der Waals surface area contributed by atoms with Crippen molar-refractivity contribution in [3.63, 3.8) is 0 Å². The average molecular weight is 557 g/mol. The van der Waals surface area contributed by atoms with E-state index in [-0.39, 0.29) is 0 Å². The van der Waals surface area contributed by atoms with Crippen molar-refractivity contribution in [1.82, 2.24) is 9.97 Å². The summed E-state index contributed by atoms with van der Waals surface area (Å²) >= 11 is 7.37. The molecule has 0 spiro atoms. The van der Waals surface area contributed by atoms with Crippen molar-refractivity contribution in [3.05, 3.63) is 28.5 Å². The molecule has 0 unspecified atom stereocenters. The first kappa shape index (κ1) is 15.5. The van der Waals surface area contributed by atoms with Crippen molar-refractivity contribution in [2.75, 3.05) is 0 Å². The first-order chi connectivity index (χ1) is 7.27. The monoisotopic (exact) mass is 558 g/mol. The summed E-state index contributed by atoms with van der Waals surface area (Å²) in [5, 5.41) is 1.12. The van der Waals surface area contributed by atoms with Gasteiger partial charge in [0.2, 0.25) is 0 Å². The van der Waals surface area contributed by atoms with Crippen molar-refractivity contribution >= 4 is 46.6 Å². The van der Waals surface area contributed by atoms with Crippen molar-refractivity contribution < 1.29 is 15.1 Å². The summed E-state index contributed by atoms with van der Waals surface area (Å²) in [6, 6.07) is 2.03. The Morgan fingerprint density at radius 3 is 2.60 bits per heavy atom. The van der Waals surface area contributed by atoms with E-state index in [0.29, 0.717) is 0 Å². The minimum absolute atomic E-state index is 0.825. The van der Waals surface area contributed by atoms with Gasteiger partial charge in [-0.3, -0.25) is 0 Å². The van der Waals surface area contributed by atoms with E-state index in [1.54, 1.807) is 6.20 Å². The molecule has 2 heterocycles. The third-order valence-electron chi connectivity index (χ3n) is 1.64. The second kappa shape index (κ2) is 8.66. The van der Waals surface area contributed by atoms with Gasteiger partial charge in [-0.05, 0) is 23.9 Å². The molecule has 5 heteroatoms. The molecule has 2 aromatic heterocycles. The van der Waals surface area contributed by atoms with Crippen LogP contribution in [0.4, 0.5) is 0 Å². The first-order valence-electron chi connectivity index (χ1n) is 4.44. The molecule has 2 rings (SSSR count). The number of hydrogen-bond acceptors (Lipinski definition) is 1. The van der Waals surface area contributed by atoms with Gasteiger partial charge in [0.1, 0.15) is 0 Å². The van der Waals surface area contributed by atoms with Gasteiger partial charge in [-0.25, -0.2) is 0 Å². The number of nitrogens with zero attached hydrogens (tertiary/aromatic N) is 2. The van der Waals surface area contributed by atoms with Crippen LogP contribution in [-0.2, 0) is 15.1 Å². The van der Waals surface area contributed by atoms with Gasteiger partial charge in [0.15, 0.2) is 0 Å². The zero-order valence-electron chi connectivity index (χ0n) is 8.74. The first-order valence-corrected chi connectivity index (χ1v) is 12.4. The molecule has 0 fully saturated rings. The minimum atomic E-state index is 0.825. The molecule has 0 aliphatic rings. The maximum absolute atomic E-state index is 4.14. The summed E-state index contributed by atoms with van der Waals surface area (Å²) in [4.78, 5) is 8.27. The normalized spacial score (nSPS) is 8.67. The maximum atomic E-state index is 4.14. The molecular formula is C10H12BrIN2Os-. The number of pyridine rings is 1. The summed E-state index contributed by atoms with van der Waals surface area (Å²) < 4.78 is 1.00. The summed E-state index contributed by atoms with van der Waals surface area (Å²) in [5.41, 5.74) is 2.00. The van der Waals surface area contributed by atoms with Crippen LogP contribution in [0.15, 0.2) is 22.9 Å². The molecule has 0 saturated carbocycles. The zero-order valence-corrected chi connectivity index (χ0v) is 15.0. The van der Waals surface area contributed by atoms with E-state index in [2.05, 4.69) is 45.6 Å². The summed E-state index contributed by atoms with van der Waals surface area (Å²) in [5.74, 6) is 0. The van der Waals surface area contributed by atoms with Crippen LogP contribution in [0.3, 0.4) is 0 Å². The Morgan fingerprint density at radius 2 is 2.00 bits per heavy atom.